The van der Waals surface area contributed by atoms with Crippen LogP contribution in [-0.4, -0.2) is 97.6 Å². The molecule has 4 N–H and O–H groups in total. The van der Waals surface area contributed by atoms with E-state index in [0.717, 1.165) is 13.1 Å². The fraction of sp³-hybridized carbons (Fsp3) is 0.700. The molecule has 0 saturated carbocycles. The van der Waals surface area contributed by atoms with E-state index in [1.54, 1.807) is 17.0 Å². The maximum Gasteiger partial charge on any atom is 0.262 e. The molecular weight excluding hydrogens is 410 g/mol. The van der Waals surface area contributed by atoms with E-state index in [2.05, 4.69) is 15.0 Å². The van der Waals surface area contributed by atoms with Crippen molar-refractivity contribution in [2.75, 3.05) is 39.0 Å². The van der Waals surface area contributed by atoms with Crippen molar-refractivity contribution >= 4 is 11.3 Å². The van der Waals surface area contributed by atoms with Crippen molar-refractivity contribution in [3.05, 3.63) is 24.2 Å². The number of alkyl halides is 2. The van der Waals surface area contributed by atoms with Crippen LogP contribution in [0.1, 0.15) is 31.1 Å². The Kier molecular flexibility index (Phi) is 4.94. The first kappa shape index (κ1) is 21.0. The molecule has 31 heavy (non-hydrogen) atoms. The summed E-state index contributed by atoms with van der Waals surface area (Å²) in [7, 11) is 1.99. The summed E-state index contributed by atoms with van der Waals surface area (Å²) in [6, 6.07) is 3.43. The summed E-state index contributed by atoms with van der Waals surface area (Å²) in [5.74, 6) is -2.49. The highest BCUT2D eigenvalue weighted by Crippen LogP contribution is 2.46. The van der Waals surface area contributed by atoms with Gasteiger partial charge in [0.1, 0.15) is 30.2 Å². The van der Waals surface area contributed by atoms with Crippen LogP contribution in [0.25, 0.3) is 5.52 Å². The Bertz CT molecular complexity index is 964. The Morgan fingerprint density at radius 2 is 1.97 bits per heavy atom. The van der Waals surface area contributed by atoms with E-state index in [0.29, 0.717) is 24.1 Å². The normalized spacial score (nSPS) is 33.6. The predicted molar refractivity (Wildman–Crippen MR) is 108 cm³/mol. The maximum atomic E-state index is 14.4. The summed E-state index contributed by atoms with van der Waals surface area (Å²) in [4.78, 5) is 7.87. The number of anilines is 1. The van der Waals surface area contributed by atoms with Crippen LogP contribution >= 0.6 is 0 Å². The number of nitrogen functional groups attached to an aromatic ring is 1. The first-order chi connectivity index (χ1) is 14.7. The first-order valence-corrected chi connectivity index (χ1v) is 10.6. The van der Waals surface area contributed by atoms with Gasteiger partial charge in [-0.2, -0.15) is 5.10 Å². The zero-order chi connectivity index (χ0) is 22.0. The van der Waals surface area contributed by atoms with Crippen LogP contribution in [-0.2, 0) is 4.74 Å². The number of nitrogens with two attached hydrogens (primary N) is 1. The number of hydrogen-bond donors (Lipinski definition) is 3. The number of nitrogens with zero attached hydrogens (tertiary/aromatic N) is 5. The highest BCUT2D eigenvalue weighted by Gasteiger charge is 2.57. The molecule has 5 heterocycles. The van der Waals surface area contributed by atoms with Crippen molar-refractivity contribution in [3.63, 3.8) is 0 Å². The van der Waals surface area contributed by atoms with E-state index in [4.69, 9.17) is 10.5 Å². The van der Waals surface area contributed by atoms with Crippen LogP contribution in [0.2, 0.25) is 0 Å². The maximum absolute atomic E-state index is 14.4. The van der Waals surface area contributed by atoms with Crippen LogP contribution in [0.3, 0.4) is 0 Å². The minimum absolute atomic E-state index is 0.133. The number of aromatic nitrogens is 3. The predicted octanol–water partition coefficient (Wildman–Crippen LogP) is 0.279. The standard InChI is InChI=1S/C20H28F2N6O3/c1-26-6-4-19(5-7-26)9-20(21,22)10-27(19)8-14-15(29)16(30)17(31-14)12-2-3-13-18(23)24-11-25-28(12)13/h2-3,11,14-17,29-30H,4-10H2,1H3,(H2,23,24,25)/t14-,15-,16-,17+/m1/s1. The van der Waals surface area contributed by atoms with Gasteiger partial charge in [-0.05, 0) is 45.1 Å². The van der Waals surface area contributed by atoms with Crippen molar-refractivity contribution in [1.29, 1.82) is 0 Å². The Labute approximate surface area is 178 Å². The number of halogens is 2. The first-order valence-electron chi connectivity index (χ1n) is 10.6. The lowest BCUT2D eigenvalue weighted by Gasteiger charge is -2.44. The fourth-order valence-corrected chi connectivity index (χ4v) is 5.43. The highest BCUT2D eigenvalue weighted by atomic mass is 19.3. The SMILES string of the molecule is CN1CCC2(CC1)CC(F)(F)CN2C[C@H]1O[C@@H](c2ccc3c(N)ncnn23)[C@H](O)[C@@H]1O. The molecule has 0 radical (unpaired) electrons. The van der Waals surface area contributed by atoms with Gasteiger partial charge in [-0.25, -0.2) is 18.3 Å². The Morgan fingerprint density at radius 1 is 1.23 bits per heavy atom. The third-order valence-electron chi connectivity index (χ3n) is 7.16. The molecule has 3 fully saturated rings. The van der Waals surface area contributed by atoms with E-state index in [-0.39, 0.29) is 25.3 Å². The molecule has 5 rings (SSSR count). The quantitative estimate of drug-likeness (QED) is 0.627. The summed E-state index contributed by atoms with van der Waals surface area (Å²) in [5.41, 5.74) is 6.36. The lowest BCUT2D eigenvalue weighted by molar-refractivity contribution is -0.0394. The average Bonchev–Trinajstić information content (AvgIpc) is 3.34. The molecule has 0 unspecified atom stereocenters. The summed E-state index contributed by atoms with van der Waals surface area (Å²) in [6.07, 6.45) is -1.65. The summed E-state index contributed by atoms with van der Waals surface area (Å²) in [6.45, 7) is 1.28. The molecule has 11 heteroatoms. The number of aliphatic hydroxyl groups is 2. The Morgan fingerprint density at radius 3 is 2.71 bits per heavy atom. The molecule has 0 aliphatic carbocycles. The van der Waals surface area contributed by atoms with E-state index in [1.807, 2.05) is 7.05 Å². The number of hydrogen-bond acceptors (Lipinski definition) is 8. The van der Waals surface area contributed by atoms with Crippen molar-refractivity contribution in [3.8, 4) is 0 Å². The van der Waals surface area contributed by atoms with Gasteiger partial charge in [-0.1, -0.05) is 0 Å². The number of ether oxygens (including phenoxy) is 1. The number of rotatable bonds is 3. The van der Waals surface area contributed by atoms with E-state index < -0.39 is 35.9 Å². The van der Waals surface area contributed by atoms with Gasteiger partial charge in [0, 0.05) is 18.5 Å². The highest BCUT2D eigenvalue weighted by molar-refractivity contribution is 5.65. The third-order valence-corrected chi connectivity index (χ3v) is 7.16. The Hall–Kier alpha value is -1.92. The molecule has 3 saturated heterocycles. The van der Waals surface area contributed by atoms with Gasteiger partial charge in [0.25, 0.3) is 5.92 Å². The average molecular weight is 438 g/mol. The van der Waals surface area contributed by atoms with Gasteiger partial charge < -0.3 is 25.6 Å². The van der Waals surface area contributed by atoms with Crippen molar-refractivity contribution in [1.82, 2.24) is 24.4 Å². The van der Waals surface area contributed by atoms with Crippen LogP contribution in [0.5, 0.6) is 0 Å². The van der Waals surface area contributed by atoms with Crippen LogP contribution < -0.4 is 5.73 Å². The van der Waals surface area contributed by atoms with Gasteiger partial charge >= 0.3 is 0 Å². The topological polar surface area (TPSA) is 112 Å². The van der Waals surface area contributed by atoms with Crippen molar-refractivity contribution < 1.29 is 23.7 Å². The number of likely N-dealkylation sites (tertiary alicyclic amines) is 2. The lowest BCUT2D eigenvalue weighted by Crippen LogP contribution is -2.54. The number of fused-ring (bicyclic) bond motifs is 1. The largest absolute Gasteiger partial charge is 0.388 e. The minimum atomic E-state index is -2.77. The molecule has 3 aliphatic rings. The van der Waals surface area contributed by atoms with Crippen molar-refractivity contribution in [2.24, 2.45) is 0 Å². The number of piperidine rings is 1. The molecule has 0 amide bonds. The number of aliphatic hydroxyl groups excluding tert-OH is 2. The fourth-order valence-electron chi connectivity index (χ4n) is 5.43. The summed E-state index contributed by atoms with van der Waals surface area (Å²) in [5, 5.41) is 25.6. The second-order valence-electron chi connectivity index (χ2n) is 9.22. The molecule has 9 nitrogen and oxygen atoms in total. The molecule has 1 spiro atoms. The van der Waals surface area contributed by atoms with E-state index >= 15 is 0 Å². The molecule has 2 aromatic heterocycles. The summed E-state index contributed by atoms with van der Waals surface area (Å²) < 4.78 is 36.5. The second-order valence-corrected chi connectivity index (χ2v) is 9.22. The molecular formula is C20H28F2N6O3. The van der Waals surface area contributed by atoms with Crippen LogP contribution in [0, 0.1) is 0 Å². The molecule has 2 aromatic rings. The van der Waals surface area contributed by atoms with Crippen LogP contribution in [0.4, 0.5) is 14.6 Å². The van der Waals surface area contributed by atoms with Gasteiger partial charge in [0.2, 0.25) is 0 Å². The molecule has 0 aromatic carbocycles. The molecule has 170 valence electrons. The lowest BCUT2D eigenvalue weighted by atomic mass is 9.84. The van der Waals surface area contributed by atoms with Gasteiger partial charge in [0.05, 0.1) is 18.3 Å². The van der Waals surface area contributed by atoms with Crippen LogP contribution in [0.15, 0.2) is 18.5 Å². The van der Waals surface area contributed by atoms with E-state index in [1.165, 1.54) is 10.8 Å². The Balaban J connectivity index is 1.38. The monoisotopic (exact) mass is 438 g/mol. The molecule has 0 bridgehead atoms. The van der Waals surface area contributed by atoms with Gasteiger partial charge in [-0.3, -0.25) is 4.90 Å². The van der Waals surface area contributed by atoms with E-state index in [9.17, 15) is 19.0 Å². The minimum Gasteiger partial charge on any atom is -0.388 e. The van der Waals surface area contributed by atoms with Crippen molar-refractivity contribution in [2.45, 2.75) is 55.1 Å². The third kappa shape index (κ3) is 3.48. The molecule has 4 atom stereocenters. The zero-order valence-corrected chi connectivity index (χ0v) is 17.4. The zero-order valence-electron chi connectivity index (χ0n) is 17.4. The summed E-state index contributed by atoms with van der Waals surface area (Å²) >= 11 is 0. The smallest absolute Gasteiger partial charge is 0.262 e. The molecule has 3 aliphatic heterocycles. The van der Waals surface area contributed by atoms with Gasteiger partial charge in [0.15, 0.2) is 5.82 Å². The second kappa shape index (κ2) is 7.31. The van der Waals surface area contributed by atoms with Gasteiger partial charge in [-0.15, -0.1) is 0 Å².